The Morgan fingerprint density at radius 2 is 2.00 bits per heavy atom. The van der Waals surface area contributed by atoms with Gasteiger partial charge in [0.05, 0.1) is 0 Å². The third kappa shape index (κ3) is 3.74. The smallest absolute Gasteiger partial charge is 0.119 e. The van der Waals surface area contributed by atoms with E-state index in [9.17, 15) is 0 Å². The van der Waals surface area contributed by atoms with E-state index in [1.54, 1.807) is 0 Å². The molecule has 2 unspecified atom stereocenters. The number of aryl methyl sites for hydroxylation is 1. The highest BCUT2D eigenvalue weighted by Crippen LogP contribution is 2.24. The van der Waals surface area contributed by atoms with Crippen molar-refractivity contribution in [1.82, 2.24) is 0 Å². The highest BCUT2D eigenvalue weighted by Gasteiger charge is 2.22. The fourth-order valence-corrected chi connectivity index (χ4v) is 2.39. The second-order valence-electron chi connectivity index (χ2n) is 5.06. The van der Waals surface area contributed by atoms with Crippen LogP contribution in [0.5, 0.6) is 5.75 Å². The molecule has 0 radical (unpaired) electrons. The van der Waals surface area contributed by atoms with Crippen LogP contribution in [0, 0.1) is 0 Å². The molecule has 0 bridgehead atoms. The van der Waals surface area contributed by atoms with E-state index in [2.05, 4.69) is 31.2 Å². The first-order valence-corrected chi connectivity index (χ1v) is 6.79. The van der Waals surface area contributed by atoms with E-state index < -0.39 is 0 Å². The summed E-state index contributed by atoms with van der Waals surface area (Å²) in [7, 11) is 0. The Labute approximate surface area is 104 Å². The van der Waals surface area contributed by atoms with E-state index in [1.807, 2.05) is 0 Å². The van der Waals surface area contributed by atoms with Crippen molar-refractivity contribution in [3.63, 3.8) is 0 Å². The molecule has 1 aliphatic rings. The van der Waals surface area contributed by atoms with Gasteiger partial charge in [-0.25, -0.2) is 0 Å². The summed E-state index contributed by atoms with van der Waals surface area (Å²) in [5, 5.41) is 0. The minimum absolute atomic E-state index is 0.325. The number of hydrogen-bond acceptors (Lipinski definition) is 2. The Balaban J connectivity index is 1.85. The van der Waals surface area contributed by atoms with Gasteiger partial charge in [0.25, 0.3) is 0 Å². The predicted molar refractivity (Wildman–Crippen MR) is 71.3 cm³/mol. The second kappa shape index (κ2) is 6.06. The molecule has 17 heavy (non-hydrogen) atoms. The first-order valence-electron chi connectivity index (χ1n) is 6.79. The zero-order chi connectivity index (χ0) is 12.1. The number of hydrogen-bond donors (Lipinski definition) is 1. The zero-order valence-electron chi connectivity index (χ0n) is 10.7. The van der Waals surface area contributed by atoms with Gasteiger partial charge in [-0.2, -0.15) is 0 Å². The summed E-state index contributed by atoms with van der Waals surface area (Å²) in [6.45, 7) is 2.22. The van der Waals surface area contributed by atoms with Gasteiger partial charge < -0.3 is 10.5 Å². The molecule has 1 fully saturated rings. The molecule has 2 nitrogen and oxygen atoms in total. The predicted octanol–water partition coefficient (Wildman–Crippen LogP) is 3.29. The van der Waals surface area contributed by atoms with Gasteiger partial charge in [0.15, 0.2) is 0 Å². The standard InChI is InChI=1S/C15H23NO/c1-2-3-4-12-5-8-14(9-6-12)17-15-10-7-13(16)11-15/h5-6,8-9,13,15H,2-4,7,10-11,16H2,1H3. The molecule has 1 aromatic carbocycles. The van der Waals surface area contributed by atoms with Crippen molar-refractivity contribution in [2.45, 2.75) is 57.6 Å². The molecule has 2 N–H and O–H groups in total. The molecule has 1 aromatic rings. The lowest BCUT2D eigenvalue weighted by molar-refractivity contribution is 0.208. The number of ether oxygens (including phenoxy) is 1. The molecule has 0 aliphatic heterocycles. The molecule has 2 heteroatoms. The van der Waals surface area contributed by atoms with Crippen LogP contribution in [-0.2, 0) is 6.42 Å². The molecule has 1 saturated carbocycles. The van der Waals surface area contributed by atoms with Gasteiger partial charge in [-0.1, -0.05) is 25.5 Å². The van der Waals surface area contributed by atoms with Crippen molar-refractivity contribution in [3.05, 3.63) is 29.8 Å². The van der Waals surface area contributed by atoms with Gasteiger partial charge in [0.1, 0.15) is 11.9 Å². The van der Waals surface area contributed by atoms with E-state index in [0.717, 1.165) is 25.0 Å². The fraction of sp³-hybridized carbons (Fsp3) is 0.600. The summed E-state index contributed by atoms with van der Waals surface area (Å²) in [6, 6.07) is 8.88. The Bertz CT molecular complexity index is 333. The third-order valence-electron chi connectivity index (χ3n) is 3.47. The van der Waals surface area contributed by atoms with E-state index in [4.69, 9.17) is 10.5 Å². The lowest BCUT2D eigenvalue weighted by Gasteiger charge is -2.13. The van der Waals surface area contributed by atoms with Crippen LogP contribution in [0.25, 0.3) is 0 Å². The topological polar surface area (TPSA) is 35.2 Å². The largest absolute Gasteiger partial charge is 0.490 e. The molecule has 0 saturated heterocycles. The molecule has 2 atom stereocenters. The van der Waals surface area contributed by atoms with Gasteiger partial charge in [-0.3, -0.25) is 0 Å². The minimum atomic E-state index is 0.325. The summed E-state index contributed by atoms with van der Waals surface area (Å²) >= 11 is 0. The Hall–Kier alpha value is -1.02. The molecule has 0 heterocycles. The molecule has 0 spiro atoms. The number of nitrogens with two attached hydrogens (primary N) is 1. The van der Waals surface area contributed by atoms with E-state index in [1.165, 1.54) is 24.8 Å². The Morgan fingerprint density at radius 3 is 2.59 bits per heavy atom. The monoisotopic (exact) mass is 233 g/mol. The molecule has 1 aliphatic carbocycles. The van der Waals surface area contributed by atoms with Crippen LogP contribution >= 0.6 is 0 Å². The molecule has 0 aromatic heterocycles. The summed E-state index contributed by atoms with van der Waals surface area (Å²) in [5.74, 6) is 0.990. The van der Waals surface area contributed by atoms with Crippen molar-refractivity contribution in [3.8, 4) is 5.75 Å². The van der Waals surface area contributed by atoms with Crippen LogP contribution in [0.4, 0.5) is 0 Å². The van der Waals surface area contributed by atoms with Crippen molar-refractivity contribution in [2.24, 2.45) is 5.73 Å². The van der Waals surface area contributed by atoms with Gasteiger partial charge in [-0.05, 0) is 49.8 Å². The number of rotatable bonds is 5. The maximum atomic E-state index is 5.93. The van der Waals surface area contributed by atoms with Crippen LogP contribution in [0.3, 0.4) is 0 Å². The summed E-state index contributed by atoms with van der Waals surface area (Å²) in [4.78, 5) is 0. The maximum absolute atomic E-state index is 5.93. The van der Waals surface area contributed by atoms with Gasteiger partial charge >= 0.3 is 0 Å². The summed E-state index contributed by atoms with van der Waals surface area (Å²) in [5.41, 5.74) is 7.28. The Morgan fingerprint density at radius 1 is 1.24 bits per heavy atom. The highest BCUT2D eigenvalue weighted by atomic mass is 16.5. The molecular weight excluding hydrogens is 210 g/mol. The molecule has 0 amide bonds. The van der Waals surface area contributed by atoms with Crippen molar-refractivity contribution in [1.29, 1.82) is 0 Å². The first kappa shape index (κ1) is 12.4. The van der Waals surface area contributed by atoms with Gasteiger partial charge in [0, 0.05) is 6.04 Å². The highest BCUT2D eigenvalue weighted by molar-refractivity contribution is 5.27. The van der Waals surface area contributed by atoms with Gasteiger partial charge in [0.2, 0.25) is 0 Å². The normalized spacial score (nSPS) is 23.9. The quantitative estimate of drug-likeness (QED) is 0.847. The van der Waals surface area contributed by atoms with Crippen LogP contribution < -0.4 is 10.5 Å². The van der Waals surface area contributed by atoms with Crippen LogP contribution in [0.2, 0.25) is 0 Å². The summed E-state index contributed by atoms with van der Waals surface area (Å²) < 4.78 is 5.93. The van der Waals surface area contributed by atoms with E-state index >= 15 is 0 Å². The maximum Gasteiger partial charge on any atom is 0.119 e. The van der Waals surface area contributed by atoms with Crippen molar-refractivity contribution >= 4 is 0 Å². The molecule has 94 valence electrons. The first-order chi connectivity index (χ1) is 8.28. The van der Waals surface area contributed by atoms with Crippen molar-refractivity contribution < 1.29 is 4.74 Å². The van der Waals surface area contributed by atoms with Gasteiger partial charge in [-0.15, -0.1) is 0 Å². The molecule has 2 rings (SSSR count). The lowest BCUT2D eigenvalue weighted by atomic mass is 10.1. The lowest BCUT2D eigenvalue weighted by Crippen LogP contribution is -2.19. The van der Waals surface area contributed by atoms with E-state index in [-0.39, 0.29) is 0 Å². The van der Waals surface area contributed by atoms with Crippen molar-refractivity contribution in [2.75, 3.05) is 0 Å². The summed E-state index contributed by atoms with van der Waals surface area (Å²) in [6.07, 6.45) is 7.20. The van der Waals surface area contributed by atoms with Crippen LogP contribution in [0.1, 0.15) is 44.6 Å². The third-order valence-corrected chi connectivity index (χ3v) is 3.47. The SMILES string of the molecule is CCCCc1ccc(OC2CCC(N)C2)cc1. The molecular formula is C15H23NO. The number of benzene rings is 1. The van der Waals surface area contributed by atoms with Crippen LogP contribution in [-0.4, -0.2) is 12.1 Å². The Kier molecular flexibility index (Phi) is 4.43. The average molecular weight is 233 g/mol. The minimum Gasteiger partial charge on any atom is -0.490 e. The second-order valence-corrected chi connectivity index (χ2v) is 5.06. The average Bonchev–Trinajstić information content (AvgIpc) is 2.74. The number of unbranched alkanes of at least 4 members (excludes halogenated alkanes) is 1. The zero-order valence-corrected chi connectivity index (χ0v) is 10.7. The van der Waals surface area contributed by atoms with E-state index in [0.29, 0.717) is 12.1 Å². The fourth-order valence-electron chi connectivity index (χ4n) is 2.39. The van der Waals surface area contributed by atoms with Crippen LogP contribution in [0.15, 0.2) is 24.3 Å².